The van der Waals surface area contributed by atoms with Crippen molar-refractivity contribution in [2.24, 2.45) is 0 Å². The lowest BCUT2D eigenvalue weighted by atomic mass is 10.1. The zero-order valence-corrected chi connectivity index (χ0v) is 7.44. The van der Waals surface area contributed by atoms with Gasteiger partial charge in [-0.2, -0.15) is 0 Å². The van der Waals surface area contributed by atoms with E-state index in [4.69, 9.17) is 6.42 Å². The molecule has 0 atom stereocenters. The largest absolute Gasteiger partial charge is 0.301 e. The van der Waals surface area contributed by atoms with Crippen LogP contribution in [-0.2, 0) is 0 Å². The van der Waals surface area contributed by atoms with Crippen molar-refractivity contribution in [3.8, 4) is 12.3 Å². The molecule has 0 saturated carbocycles. The maximum absolute atomic E-state index is 5.14. The number of terminal acetylenes is 1. The van der Waals surface area contributed by atoms with Crippen LogP contribution in [0.15, 0.2) is 0 Å². The minimum absolute atomic E-state index is 0.247. The lowest BCUT2D eigenvalue weighted by molar-refractivity contribution is 0.180. The van der Waals surface area contributed by atoms with Crippen molar-refractivity contribution in [3.63, 3.8) is 0 Å². The van der Waals surface area contributed by atoms with E-state index in [0.29, 0.717) is 0 Å². The summed E-state index contributed by atoms with van der Waals surface area (Å²) in [4.78, 5) is 2.26. The Labute approximate surface area is 64.4 Å². The first-order valence-electron chi connectivity index (χ1n) is 3.63. The van der Waals surface area contributed by atoms with Crippen molar-refractivity contribution in [2.45, 2.75) is 32.7 Å². The van der Waals surface area contributed by atoms with Gasteiger partial charge in [0.15, 0.2) is 0 Å². The van der Waals surface area contributed by atoms with Gasteiger partial charge in [-0.05, 0) is 27.8 Å². The Kier molecular flexibility index (Phi) is 3.46. The van der Waals surface area contributed by atoms with Gasteiger partial charge in [-0.25, -0.2) is 0 Å². The zero-order valence-electron chi connectivity index (χ0n) is 7.44. The van der Waals surface area contributed by atoms with Gasteiger partial charge in [0.25, 0.3) is 0 Å². The normalized spacial score (nSPS) is 11.6. The molecule has 0 saturated heterocycles. The molecule has 0 aromatic carbocycles. The molecule has 0 aromatic heterocycles. The van der Waals surface area contributed by atoms with Crippen molar-refractivity contribution < 1.29 is 0 Å². The maximum atomic E-state index is 5.14. The predicted molar refractivity (Wildman–Crippen MR) is 45.8 cm³/mol. The fourth-order valence-corrected chi connectivity index (χ4v) is 0.568. The van der Waals surface area contributed by atoms with E-state index in [-0.39, 0.29) is 5.54 Å². The van der Waals surface area contributed by atoms with E-state index >= 15 is 0 Å². The van der Waals surface area contributed by atoms with Crippen LogP contribution in [-0.4, -0.2) is 24.0 Å². The molecule has 0 radical (unpaired) electrons. The van der Waals surface area contributed by atoms with Gasteiger partial charge in [0.2, 0.25) is 0 Å². The first kappa shape index (κ1) is 9.52. The molecule has 58 valence electrons. The van der Waals surface area contributed by atoms with Gasteiger partial charge >= 0.3 is 0 Å². The Morgan fingerprint density at radius 2 is 1.90 bits per heavy atom. The molecular weight excluding hydrogens is 122 g/mol. The molecule has 1 nitrogen and oxygen atoms in total. The van der Waals surface area contributed by atoms with Crippen molar-refractivity contribution in [1.29, 1.82) is 0 Å². The van der Waals surface area contributed by atoms with Crippen LogP contribution in [0.25, 0.3) is 0 Å². The average molecular weight is 139 g/mol. The molecule has 0 bridgehead atoms. The molecule has 0 spiro atoms. The van der Waals surface area contributed by atoms with Crippen LogP contribution < -0.4 is 0 Å². The average Bonchev–Trinajstić information content (AvgIpc) is 1.80. The number of rotatable bonds is 2. The minimum Gasteiger partial charge on any atom is -0.301 e. The molecule has 0 aliphatic heterocycles. The lowest BCUT2D eigenvalue weighted by Gasteiger charge is -2.31. The van der Waals surface area contributed by atoms with Gasteiger partial charge in [-0.15, -0.1) is 12.3 Å². The van der Waals surface area contributed by atoms with Crippen LogP contribution in [0.2, 0.25) is 0 Å². The lowest BCUT2D eigenvalue weighted by Crippen LogP contribution is -2.38. The number of nitrogens with zero attached hydrogens (tertiary/aromatic N) is 1. The van der Waals surface area contributed by atoms with Gasteiger partial charge < -0.3 is 4.90 Å². The topological polar surface area (TPSA) is 3.24 Å². The van der Waals surface area contributed by atoms with E-state index in [1.807, 2.05) is 0 Å². The predicted octanol–water partition coefficient (Wildman–Crippen LogP) is 1.74. The molecule has 0 aliphatic rings. The van der Waals surface area contributed by atoms with Crippen molar-refractivity contribution >= 4 is 0 Å². The van der Waals surface area contributed by atoms with E-state index in [0.717, 1.165) is 13.0 Å². The molecule has 0 amide bonds. The molecule has 0 N–H and O–H groups in total. The summed E-state index contributed by atoms with van der Waals surface area (Å²) < 4.78 is 0. The van der Waals surface area contributed by atoms with E-state index in [1.54, 1.807) is 0 Å². The third-order valence-corrected chi connectivity index (χ3v) is 1.74. The van der Waals surface area contributed by atoms with E-state index in [2.05, 4.69) is 38.6 Å². The van der Waals surface area contributed by atoms with E-state index in [9.17, 15) is 0 Å². The SMILES string of the molecule is C#CCCN(C)C(C)(C)C. The molecule has 0 fully saturated rings. The fourth-order valence-electron chi connectivity index (χ4n) is 0.568. The van der Waals surface area contributed by atoms with Crippen LogP contribution in [0.4, 0.5) is 0 Å². The number of hydrogen-bond donors (Lipinski definition) is 0. The van der Waals surface area contributed by atoms with Crippen LogP contribution >= 0.6 is 0 Å². The maximum Gasteiger partial charge on any atom is 0.0214 e. The Balaban J connectivity index is 3.65. The van der Waals surface area contributed by atoms with E-state index < -0.39 is 0 Å². The molecule has 0 unspecified atom stereocenters. The van der Waals surface area contributed by atoms with E-state index in [1.165, 1.54) is 0 Å². The van der Waals surface area contributed by atoms with Gasteiger partial charge in [-0.1, -0.05) is 0 Å². The summed E-state index contributed by atoms with van der Waals surface area (Å²) in [5, 5.41) is 0. The fraction of sp³-hybridized carbons (Fsp3) is 0.778. The number of hydrogen-bond acceptors (Lipinski definition) is 1. The first-order valence-corrected chi connectivity index (χ1v) is 3.63. The molecule has 0 rings (SSSR count). The summed E-state index contributed by atoms with van der Waals surface area (Å²) in [6.45, 7) is 7.54. The van der Waals surface area contributed by atoms with Crippen molar-refractivity contribution in [2.75, 3.05) is 13.6 Å². The summed E-state index contributed by atoms with van der Waals surface area (Å²) >= 11 is 0. The van der Waals surface area contributed by atoms with Crippen molar-refractivity contribution in [3.05, 3.63) is 0 Å². The van der Waals surface area contributed by atoms with Crippen LogP contribution in [0.1, 0.15) is 27.2 Å². The Morgan fingerprint density at radius 1 is 1.40 bits per heavy atom. The summed E-state index contributed by atoms with van der Waals surface area (Å²) in [7, 11) is 2.09. The smallest absolute Gasteiger partial charge is 0.0214 e. The molecule has 1 heteroatoms. The third kappa shape index (κ3) is 3.53. The molecule has 0 aromatic rings. The summed E-state index contributed by atoms with van der Waals surface area (Å²) in [5.74, 6) is 2.63. The summed E-state index contributed by atoms with van der Waals surface area (Å²) in [5.41, 5.74) is 0.247. The summed E-state index contributed by atoms with van der Waals surface area (Å²) in [6, 6.07) is 0. The second-order valence-electron chi connectivity index (χ2n) is 3.55. The van der Waals surface area contributed by atoms with Crippen LogP contribution in [0.3, 0.4) is 0 Å². The minimum atomic E-state index is 0.247. The van der Waals surface area contributed by atoms with Crippen molar-refractivity contribution in [1.82, 2.24) is 4.90 Å². The second-order valence-corrected chi connectivity index (χ2v) is 3.55. The summed E-state index contributed by atoms with van der Waals surface area (Å²) in [6.07, 6.45) is 5.98. The quantitative estimate of drug-likeness (QED) is 0.527. The highest BCUT2D eigenvalue weighted by Crippen LogP contribution is 2.09. The van der Waals surface area contributed by atoms with Gasteiger partial charge in [0.05, 0.1) is 0 Å². The monoisotopic (exact) mass is 139 g/mol. The Hall–Kier alpha value is -0.480. The Bertz CT molecular complexity index is 125. The third-order valence-electron chi connectivity index (χ3n) is 1.74. The first-order chi connectivity index (χ1) is 4.48. The van der Waals surface area contributed by atoms with Gasteiger partial charge in [0.1, 0.15) is 0 Å². The molecule has 0 aliphatic carbocycles. The highest BCUT2D eigenvalue weighted by atomic mass is 15.1. The molecular formula is C9H17N. The standard InChI is InChI=1S/C9H17N/c1-6-7-8-10(5)9(2,3)4/h1H,7-8H2,2-5H3. The van der Waals surface area contributed by atoms with Crippen LogP contribution in [0.5, 0.6) is 0 Å². The van der Waals surface area contributed by atoms with Gasteiger partial charge in [0, 0.05) is 18.5 Å². The molecule has 0 heterocycles. The molecule has 10 heavy (non-hydrogen) atoms. The highest BCUT2D eigenvalue weighted by Gasteiger charge is 2.14. The Morgan fingerprint density at radius 3 is 2.20 bits per heavy atom. The second kappa shape index (κ2) is 3.63. The van der Waals surface area contributed by atoms with Crippen LogP contribution in [0, 0.1) is 12.3 Å². The highest BCUT2D eigenvalue weighted by molar-refractivity contribution is 4.86. The van der Waals surface area contributed by atoms with Gasteiger partial charge in [-0.3, -0.25) is 0 Å². The zero-order chi connectivity index (χ0) is 8.20.